The van der Waals surface area contributed by atoms with Crippen LogP contribution in [0.25, 0.3) is 0 Å². The van der Waals surface area contributed by atoms with E-state index in [0.29, 0.717) is 17.9 Å². The van der Waals surface area contributed by atoms with Gasteiger partial charge in [0, 0.05) is 12.7 Å². The predicted octanol–water partition coefficient (Wildman–Crippen LogP) is 1.61. The number of nitrogens with one attached hydrogen (secondary N) is 1. The summed E-state index contributed by atoms with van der Waals surface area (Å²) in [5.74, 6) is 0. The number of ether oxygens (including phenoxy) is 1. The molecular weight excluding hydrogens is 200 g/mol. The lowest BCUT2D eigenvalue weighted by atomic mass is 10.3. The third-order valence-corrected chi connectivity index (χ3v) is 2.51. The van der Waals surface area contributed by atoms with E-state index < -0.39 is 0 Å². The normalized spacial score (nSPS) is 21.4. The van der Waals surface area contributed by atoms with Crippen molar-refractivity contribution in [3.8, 4) is 0 Å². The van der Waals surface area contributed by atoms with Crippen molar-refractivity contribution in [3.63, 3.8) is 0 Å². The van der Waals surface area contributed by atoms with E-state index in [1.165, 1.54) is 0 Å². The molecule has 3 nitrogen and oxygen atoms in total. The van der Waals surface area contributed by atoms with Gasteiger partial charge in [-0.15, -0.1) is 0 Å². The molecule has 76 valence electrons. The number of nitrogens with zero attached hydrogens (tertiary/aromatic N) is 1. The minimum absolute atomic E-state index is 0.352. The number of hydrogen-bond donors (Lipinski definition) is 1. The molecule has 1 aromatic heterocycles. The second kappa shape index (κ2) is 4.73. The molecule has 0 radical (unpaired) electrons. The Hall–Kier alpha value is -0.640. The van der Waals surface area contributed by atoms with Crippen LogP contribution in [0.15, 0.2) is 18.3 Å². The number of hydrogen-bond acceptors (Lipinski definition) is 3. The molecule has 2 heterocycles. The highest BCUT2D eigenvalue weighted by Gasteiger charge is 2.14. The monoisotopic (exact) mass is 212 g/mol. The van der Waals surface area contributed by atoms with E-state index in [1.54, 1.807) is 12.3 Å². The lowest BCUT2D eigenvalue weighted by Crippen LogP contribution is -2.16. The zero-order chi connectivity index (χ0) is 9.80. The van der Waals surface area contributed by atoms with Crippen molar-refractivity contribution >= 4 is 11.6 Å². The minimum Gasteiger partial charge on any atom is -0.372 e. The molecule has 0 bridgehead atoms. The van der Waals surface area contributed by atoms with Crippen LogP contribution in [0.2, 0.25) is 5.15 Å². The van der Waals surface area contributed by atoms with E-state index in [2.05, 4.69) is 10.3 Å². The van der Waals surface area contributed by atoms with Gasteiger partial charge in [-0.05, 0) is 24.6 Å². The van der Waals surface area contributed by atoms with Gasteiger partial charge in [0.2, 0.25) is 0 Å². The maximum absolute atomic E-state index is 5.68. The van der Waals surface area contributed by atoms with Crippen molar-refractivity contribution in [2.75, 3.05) is 13.1 Å². The molecule has 1 aromatic rings. The maximum Gasteiger partial charge on any atom is 0.129 e. The molecular formula is C10H13ClN2O. The van der Waals surface area contributed by atoms with Gasteiger partial charge < -0.3 is 10.1 Å². The predicted molar refractivity (Wildman–Crippen MR) is 55.3 cm³/mol. The first-order valence-corrected chi connectivity index (χ1v) is 5.15. The Labute approximate surface area is 88.4 Å². The van der Waals surface area contributed by atoms with Crippen molar-refractivity contribution in [1.29, 1.82) is 0 Å². The minimum atomic E-state index is 0.352. The Bertz CT molecular complexity index is 283. The third kappa shape index (κ3) is 2.67. The lowest BCUT2D eigenvalue weighted by molar-refractivity contribution is 0.0541. The van der Waals surface area contributed by atoms with E-state index in [-0.39, 0.29) is 0 Å². The van der Waals surface area contributed by atoms with Crippen LogP contribution in [0.5, 0.6) is 0 Å². The van der Waals surface area contributed by atoms with E-state index in [0.717, 1.165) is 25.1 Å². The summed E-state index contributed by atoms with van der Waals surface area (Å²) in [6, 6.07) is 3.73. The summed E-state index contributed by atoms with van der Waals surface area (Å²) in [7, 11) is 0. The highest BCUT2D eigenvalue weighted by atomic mass is 35.5. The van der Waals surface area contributed by atoms with Gasteiger partial charge in [0.25, 0.3) is 0 Å². The Morgan fingerprint density at radius 2 is 2.50 bits per heavy atom. The Balaban J connectivity index is 1.82. The highest BCUT2D eigenvalue weighted by Crippen LogP contribution is 2.09. The zero-order valence-corrected chi connectivity index (χ0v) is 8.63. The van der Waals surface area contributed by atoms with Gasteiger partial charge >= 0.3 is 0 Å². The molecule has 0 aromatic carbocycles. The molecule has 1 aliphatic heterocycles. The molecule has 2 rings (SSSR count). The van der Waals surface area contributed by atoms with Crippen molar-refractivity contribution in [2.24, 2.45) is 0 Å². The van der Waals surface area contributed by atoms with Gasteiger partial charge in [-0.25, -0.2) is 4.98 Å². The Kier molecular flexibility index (Phi) is 3.35. The van der Waals surface area contributed by atoms with Crippen LogP contribution in [-0.2, 0) is 11.3 Å². The molecule has 1 unspecified atom stereocenters. The SMILES string of the molecule is Clc1ccc(COC2CCNC2)cn1. The van der Waals surface area contributed by atoms with E-state index in [9.17, 15) is 0 Å². The molecule has 0 saturated carbocycles. The second-order valence-corrected chi connectivity index (χ2v) is 3.80. The Morgan fingerprint density at radius 3 is 3.14 bits per heavy atom. The topological polar surface area (TPSA) is 34.1 Å². The van der Waals surface area contributed by atoms with Gasteiger partial charge in [0.15, 0.2) is 0 Å². The second-order valence-electron chi connectivity index (χ2n) is 3.41. The number of halogens is 1. The van der Waals surface area contributed by atoms with Crippen LogP contribution < -0.4 is 5.32 Å². The largest absolute Gasteiger partial charge is 0.372 e. The van der Waals surface area contributed by atoms with Crippen LogP contribution in [0.4, 0.5) is 0 Å². The first kappa shape index (κ1) is 9.90. The van der Waals surface area contributed by atoms with E-state index >= 15 is 0 Å². The fourth-order valence-corrected chi connectivity index (χ4v) is 1.59. The summed E-state index contributed by atoms with van der Waals surface area (Å²) in [5, 5.41) is 3.78. The quantitative estimate of drug-likeness (QED) is 0.774. The number of pyridine rings is 1. The van der Waals surface area contributed by atoms with Crippen molar-refractivity contribution in [1.82, 2.24) is 10.3 Å². The molecule has 1 saturated heterocycles. The van der Waals surface area contributed by atoms with Crippen molar-refractivity contribution < 1.29 is 4.74 Å². The first-order chi connectivity index (χ1) is 6.84. The fraction of sp³-hybridized carbons (Fsp3) is 0.500. The van der Waals surface area contributed by atoms with Gasteiger partial charge in [-0.3, -0.25) is 0 Å². The summed E-state index contributed by atoms with van der Waals surface area (Å²) in [4.78, 5) is 3.99. The van der Waals surface area contributed by atoms with Gasteiger partial charge in [0.05, 0.1) is 12.7 Å². The number of rotatable bonds is 3. The molecule has 14 heavy (non-hydrogen) atoms. The van der Waals surface area contributed by atoms with Crippen LogP contribution in [0.3, 0.4) is 0 Å². The molecule has 0 amide bonds. The molecule has 1 N–H and O–H groups in total. The third-order valence-electron chi connectivity index (χ3n) is 2.29. The molecule has 0 spiro atoms. The number of aromatic nitrogens is 1. The van der Waals surface area contributed by atoms with E-state index in [1.807, 2.05) is 6.07 Å². The van der Waals surface area contributed by atoms with Crippen molar-refractivity contribution in [3.05, 3.63) is 29.0 Å². The average Bonchev–Trinajstić information content (AvgIpc) is 2.70. The van der Waals surface area contributed by atoms with Crippen LogP contribution in [0, 0.1) is 0 Å². The molecule has 1 atom stereocenters. The molecule has 0 aliphatic carbocycles. The maximum atomic E-state index is 5.68. The lowest BCUT2D eigenvalue weighted by Gasteiger charge is -2.09. The van der Waals surface area contributed by atoms with Gasteiger partial charge in [0.1, 0.15) is 5.15 Å². The summed E-state index contributed by atoms with van der Waals surface area (Å²) in [5.41, 5.74) is 1.07. The average molecular weight is 213 g/mol. The summed E-state index contributed by atoms with van der Waals surface area (Å²) in [6.45, 7) is 2.64. The van der Waals surface area contributed by atoms with E-state index in [4.69, 9.17) is 16.3 Å². The zero-order valence-electron chi connectivity index (χ0n) is 7.87. The van der Waals surface area contributed by atoms with Gasteiger partial charge in [-0.1, -0.05) is 17.7 Å². The fourth-order valence-electron chi connectivity index (χ4n) is 1.48. The smallest absolute Gasteiger partial charge is 0.129 e. The highest BCUT2D eigenvalue weighted by molar-refractivity contribution is 6.29. The molecule has 4 heteroatoms. The molecule has 1 aliphatic rings. The van der Waals surface area contributed by atoms with Crippen LogP contribution in [-0.4, -0.2) is 24.2 Å². The van der Waals surface area contributed by atoms with Crippen LogP contribution in [0.1, 0.15) is 12.0 Å². The van der Waals surface area contributed by atoms with Crippen LogP contribution >= 0.6 is 11.6 Å². The Morgan fingerprint density at radius 1 is 1.57 bits per heavy atom. The summed E-state index contributed by atoms with van der Waals surface area (Å²) < 4.78 is 5.68. The van der Waals surface area contributed by atoms with Crippen molar-refractivity contribution in [2.45, 2.75) is 19.1 Å². The standard InChI is InChI=1S/C10H13ClN2O/c11-10-2-1-8(5-13-10)7-14-9-3-4-12-6-9/h1-2,5,9,12H,3-4,6-7H2. The first-order valence-electron chi connectivity index (χ1n) is 4.77. The van der Waals surface area contributed by atoms with Gasteiger partial charge in [-0.2, -0.15) is 0 Å². The molecule has 1 fully saturated rings. The summed E-state index contributed by atoms with van der Waals surface area (Å²) in [6.07, 6.45) is 3.21. The summed E-state index contributed by atoms with van der Waals surface area (Å²) >= 11 is 5.68.